The van der Waals surface area contributed by atoms with Gasteiger partial charge in [-0.3, -0.25) is 4.79 Å². The summed E-state index contributed by atoms with van der Waals surface area (Å²) >= 11 is 6.43. The van der Waals surface area contributed by atoms with E-state index in [1.54, 1.807) is 42.0 Å². The van der Waals surface area contributed by atoms with E-state index in [0.717, 1.165) is 5.56 Å². The van der Waals surface area contributed by atoms with Crippen molar-refractivity contribution in [1.29, 1.82) is 0 Å². The lowest BCUT2D eigenvalue weighted by Gasteiger charge is -2.26. The molecule has 1 fully saturated rings. The van der Waals surface area contributed by atoms with E-state index in [4.69, 9.17) is 30.9 Å². The van der Waals surface area contributed by atoms with Gasteiger partial charge >= 0.3 is 0 Å². The van der Waals surface area contributed by atoms with Gasteiger partial charge in [0.25, 0.3) is 5.91 Å². The van der Waals surface area contributed by atoms with E-state index in [-0.39, 0.29) is 5.91 Å². The molecule has 0 aliphatic carbocycles. The van der Waals surface area contributed by atoms with E-state index in [1.165, 1.54) is 0 Å². The van der Waals surface area contributed by atoms with Crippen LogP contribution in [0.15, 0.2) is 48.5 Å². The number of halogens is 1. The minimum Gasteiger partial charge on any atom is -0.497 e. The molecule has 3 aromatic rings. The SMILES string of the molecule is COc1ccc(-c2cc(C(=O)N3CCOCC3)n(-c3ccccc3Cl)n2)c(OC)c1. The van der Waals surface area contributed by atoms with E-state index < -0.39 is 0 Å². The molecule has 0 unspecified atom stereocenters. The lowest BCUT2D eigenvalue weighted by Crippen LogP contribution is -2.41. The third kappa shape index (κ3) is 3.86. The predicted octanol–water partition coefficient (Wildman–Crippen LogP) is 3.68. The Labute approximate surface area is 179 Å². The smallest absolute Gasteiger partial charge is 0.272 e. The average Bonchev–Trinajstić information content (AvgIpc) is 3.23. The number of ether oxygens (including phenoxy) is 3. The van der Waals surface area contributed by atoms with Crippen LogP contribution in [0, 0.1) is 0 Å². The van der Waals surface area contributed by atoms with E-state index in [0.29, 0.717) is 59.9 Å². The van der Waals surface area contributed by atoms with Gasteiger partial charge in [-0.05, 0) is 30.3 Å². The van der Waals surface area contributed by atoms with Crippen LogP contribution in [0.25, 0.3) is 16.9 Å². The fourth-order valence-electron chi connectivity index (χ4n) is 3.41. The number of hydrogen-bond donors (Lipinski definition) is 0. The number of morpholine rings is 1. The van der Waals surface area contributed by atoms with Gasteiger partial charge in [-0.15, -0.1) is 0 Å². The minimum atomic E-state index is -0.121. The zero-order valence-corrected chi connectivity index (χ0v) is 17.6. The number of carbonyl (C=O) groups excluding carboxylic acids is 1. The highest BCUT2D eigenvalue weighted by atomic mass is 35.5. The van der Waals surface area contributed by atoms with Crippen LogP contribution in [0.3, 0.4) is 0 Å². The van der Waals surface area contributed by atoms with Gasteiger partial charge in [0, 0.05) is 24.7 Å². The van der Waals surface area contributed by atoms with Crippen molar-refractivity contribution in [3.63, 3.8) is 0 Å². The maximum Gasteiger partial charge on any atom is 0.272 e. The molecule has 1 aliphatic rings. The highest BCUT2D eigenvalue weighted by Crippen LogP contribution is 2.34. The summed E-state index contributed by atoms with van der Waals surface area (Å²) < 4.78 is 17.8. The highest BCUT2D eigenvalue weighted by Gasteiger charge is 2.25. The Bertz CT molecular complexity index is 1060. The summed E-state index contributed by atoms with van der Waals surface area (Å²) in [6.07, 6.45) is 0. The van der Waals surface area contributed by atoms with E-state index in [1.807, 2.05) is 30.3 Å². The molecule has 4 rings (SSSR count). The first-order valence-corrected chi connectivity index (χ1v) is 9.94. The Morgan fingerprint density at radius 1 is 1.07 bits per heavy atom. The zero-order chi connectivity index (χ0) is 21.1. The van der Waals surface area contributed by atoms with Crippen LogP contribution >= 0.6 is 11.6 Å². The Kier molecular flexibility index (Phi) is 5.92. The van der Waals surface area contributed by atoms with Crippen molar-refractivity contribution in [2.24, 2.45) is 0 Å². The zero-order valence-electron chi connectivity index (χ0n) is 16.8. The average molecular weight is 428 g/mol. The molecule has 7 nitrogen and oxygen atoms in total. The normalized spacial score (nSPS) is 13.9. The molecule has 1 amide bonds. The third-order valence-electron chi connectivity index (χ3n) is 4.99. The first kappa shape index (κ1) is 20.3. The maximum absolute atomic E-state index is 13.3. The molecular weight excluding hydrogens is 406 g/mol. The van der Waals surface area contributed by atoms with Crippen molar-refractivity contribution in [3.8, 4) is 28.4 Å². The number of carbonyl (C=O) groups is 1. The number of rotatable bonds is 5. The number of para-hydroxylation sites is 1. The third-order valence-corrected chi connectivity index (χ3v) is 5.31. The number of hydrogen-bond acceptors (Lipinski definition) is 5. The number of methoxy groups -OCH3 is 2. The largest absolute Gasteiger partial charge is 0.497 e. The molecule has 156 valence electrons. The molecule has 1 aromatic heterocycles. The van der Waals surface area contributed by atoms with E-state index in [9.17, 15) is 4.79 Å². The maximum atomic E-state index is 13.3. The Morgan fingerprint density at radius 3 is 2.53 bits per heavy atom. The topological polar surface area (TPSA) is 65.8 Å². The predicted molar refractivity (Wildman–Crippen MR) is 114 cm³/mol. The van der Waals surface area contributed by atoms with Gasteiger partial charge in [0.2, 0.25) is 0 Å². The van der Waals surface area contributed by atoms with Crippen LogP contribution < -0.4 is 9.47 Å². The molecule has 2 aromatic carbocycles. The summed E-state index contributed by atoms with van der Waals surface area (Å²) in [7, 11) is 3.18. The summed E-state index contributed by atoms with van der Waals surface area (Å²) in [6, 6.07) is 14.6. The summed E-state index contributed by atoms with van der Waals surface area (Å²) in [5.41, 5.74) is 2.42. The number of benzene rings is 2. The van der Waals surface area contributed by atoms with Crippen molar-refractivity contribution < 1.29 is 19.0 Å². The van der Waals surface area contributed by atoms with Crippen molar-refractivity contribution in [3.05, 3.63) is 59.2 Å². The fraction of sp³-hybridized carbons (Fsp3) is 0.273. The molecule has 0 atom stereocenters. The van der Waals surface area contributed by atoms with Crippen LogP contribution in [0.1, 0.15) is 10.5 Å². The second-order valence-corrected chi connectivity index (χ2v) is 7.16. The summed E-state index contributed by atoms with van der Waals surface area (Å²) in [4.78, 5) is 15.1. The first-order valence-electron chi connectivity index (χ1n) is 9.56. The van der Waals surface area contributed by atoms with Crippen LogP contribution in [0.2, 0.25) is 5.02 Å². The Morgan fingerprint density at radius 2 is 1.83 bits per heavy atom. The van der Waals surface area contributed by atoms with Gasteiger partial charge in [0.05, 0.1) is 43.8 Å². The molecule has 0 spiro atoms. The second kappa shape index (κ2) is 8.77. The molecule has 1 aliphatic heterocycles. The minimum absolute atomic E-state index is 0.121. The molecule has 2 heterocycles. The van der Waals surface area contributed by atoms with Crippen molar-refractivity contribution in [1.82, 2.24) is 14.7 Å². The lowest BCUT2D eigenvalue weighted by atomic mass is 10.1. The van der Waals surface area contributed by atoms with Crippen LogP contribution in [0.5, 0.6) is 11.5 Å². The Hall–Kier alpha value is -3.03. The number of aromatic nitrogens is 2. The van der Waals surface area contributed by atoms with Gasteiger partial charge in [-0.2, -0.15) is 5.10 Å². The summed E-state index contributed by atoms with van der Waals surface area (Å²) in [6.45, 7) is 2.11. The van der Waals surface area contributed by atoms with E-state index >= 15 is 0 Å². The molecule has 0 radical (unpaired) electrons. The van der Waals surface area contributed by atoms with Crippen LogP contribution in [0.4, 0.5) is 0 Å². The molecule has 0 N–H and O–H groups in total. The molecule has 30 heavy (non-hydrogen) atoms. The van der Waals surface area contributed by atoms with Gasteiger partial charge in [-0.25, -0.2) is 4.68 Å². The van der Waals surface area contributed by atoms with Crippen LogP contribution in [-0.2, 0) is 4.74 Å². The monoisotopic (exact) mass is 427 g/mol. The standard InChI is InChI=1S/C22H22ClN3O4/c1-28-15-7-8-16(21(13-15)29-2)18-14-20(22(27)25-9-11-30-12-10-25)26(24-18)19-6-4-3-5-17(19)23/h3-8,13-14H,9-12H2,1-2H3. The van der Waals surface area contributed by atoms with E-state index in [2.05, 4.69) is 0 Å². The first-order chi connectivity index (χ1) is 14.6. The van der Waals surface area contributed by atoms with Gasteiger partial charge in [0.1, 0.15) is 17.2 Å². The quantitative estimate of drug-likeness (QED) is 0.621. The number of amides is 1. The van der Waals surface area contributed by atoms with Crippen molar-refractivity contribution in [2.75, 3.05) is 40.5 Å². The molecule has 1 saturated heterocycles. The highest BCUT2D eigenvalue weighted by molar-refractivity contribution is 6.32. The van der Waals surface area contributed by atoms with Gasteiger partial charge in [-0.1, -0.05) is 23.7 Å². The summed E-state index contributed by atoms with van der Waals surface area (Å²) in [5.74, 6) is 1.15. The van der Waals surface area contributed by atoms with Crippen molar-refractivity contribution >= 4 is 17.5 Å². The summed E-state index contributed by atoms with van der Waals surface area (Å²) in [5, 5.41) is 5.23. The molecule has 8 heteroatoms. The second-order valence-electron chi connectivity index (χ2n) is 6.75. The van der Waals surface area contributed by atoms with Gasteiger partial charge in [0.15, 0.2) is 0 Å². The lowest BCUT2D eigenvalue weighted by molar-refractivity contribution is 0.0297. The number of nitrogens with zero attached hydrogens (tertiary/aromatic N) is 3. The van der Waals surface area contributed by atoms with Gasteiger partial charge < -0.3 is 19.1 Å². The molecule has 0 saturated carbocycles. The fourth-order valence-corrected chi connectivity index (χ4v) is 3.63. The van der Waals surface area contributed by atoms with Crippen LogP contribution in [-0.4, -0.2) is 61.1 Å². The molecular formula is C22H22ClN3O4. The molecule has 0 bridgehead atoms. The Balaban J connectivity index is 1.84. The van der Waals surface area contributed by atoms with Crippen molar-refractivity contribution in [2.45, 2.75) is 0 Å².